The first-order chi connectivity index (χ1) is 9.38. The number of benzene rings is 1. The third-order valence-corrected chi connectivity index (χ3v) is 5.22. The predicted octanol–water partition coefficient (Wildman–Crippen LogP) is 1.92. The number of carbonyl (C=O) groups is 1. The maximum absolute atomic E-state index is 12.2. The van der Waals surface area contributed by atoms with Crippen LogP contribution in [0.3, 0.4) is 0 Å². The second-order valence-electron chi connectivity index (χ2n) is 5.32. The minimum absolute atomic E-state index is 0.170. The molecule has 1 aromatic carbocycles. The number of hydrogen-bond donors (Lipinski definition) is 2. The van der Waals surface area contributed by atoms with E-state index in [-0.39, 0.29) is 16.9 Å². The van der Waals surface area contributed by atoms with Gasteiger partial charge in [-0.05, 0) is 50.3 Å². The average Bonchev–Trinajstić information content (AvgIpc) is 2.39. The lowest BCUT2D eigenvalue weighted by Crippen LogP contribution is -2.38. The topological polar surface area (TPSA) is 83.5 Å². The summed E-state index contributed by atoms with van der Waals surface area (Å²) in [6.07, 6.45) is 2.19. The van der Waals surface area contributed by atoms with Crippen LogP contribution in [0.4, 0.5) is 0 Å². The molecule has 1 aromatic rings. The molecule has 1 fully saturated rings. The van der Waals surface area contributed by atoms with E-state index in [2.05, 4.69) is 4.72 Å². The number of carboxylic acids is 1. The fourth-order valence-electron chi connectivity index (χ4n) is 2.53. The number of aliphatic carboxylic acids is 1. The number of rotatable bonds is 4. The molecule has 2 rings (SSSR count). The standard InChI is InChI=1S/C14H19NO4S/c1-10-3-2-4-13(9-10)20(18,19)15-12-7-5-11(6-8-12)14(16)17/h2-4,9,11-12,15H,5-8H2,1H3,(H,16,17). The Labute approximate surface area is 119 Å². The molecule has 5 nitrogen and oxygen atoms in total. The molecule has 0 amide bonds. The Hall–Kier alpha value is -1.40. The third kappa shape index (κ3) is 3.58. The van der Waals surface area contributed by atoms with Gasteiger partial charge in [-0.25, -0.2) is 13.1 Å². The van der Waals surface area contributed by atoms with Gasteiger partial charge in [-0.1, -0.05) is 12.1 Å². The molecule has 0 bridgehead atoms. The van der Waals surface area contributed by atoms with Gasteiger partial charge in [0.05, 0.1) is 10.8 Å². The summed E-state index contributed by atoms with van der Waals surface area (Å²) in [7, 11) is -3.52. The molecule has 1 aliphatic rings. The highest BCUT2D eigenvalue weighted by atomic mass is 32.2. The van der Waals surface area contributed by atoms with Crippen molar-refractivity contribution in [2.45, 2.75) is 43.5 Å². The highest BCUT2D eigenvalue weighted by Gasteiger charge is 2.28. The Bertz CT molecular complexity index is 589. The van der Waals surface area contributed by atoms with Gasteiger partial charge in [0.2, 0.25) is 10.0 Å². The van der Waals surface area contributed by atoms with E-state index in [1.54, 1.807) is 18.2 Å². The number of hydrogen-bond acceptors (Lipinski definition) is 3. The van der Waals surface area contributed by atoms with Gasteiger partial charge in [-0.2, -0.15) is 0 Å². The molecule has 0 unspecified atom stereocenters. The Morgan fingerprint density at radius 2 is 1.90 bits per heavy atom. The van der Waals surface area contributed by atoms with Gasteiger partial charge >= 0.3 is 5.97 Å². The van der Waals surface area contributed by atoms with Crippen LogP contribution in [0, 0.1) is 12.8 Å². The van der Waals surface area contributed by atoms with Crippen molar-refractivity contribution < 1.29 is 18.3 Å². The van der Waals surface area contributed by atoms with Gasteiger partial charge < -0.3 is 5.11 Å². The van der Waals surface area contributed by atoms with Crippen LogP contribution in [0.25, 0.3) is 0 Å². The summed E-state index contributed by atoms with van der Waals surface area (Å²) in [5, 5.41) is 8.93. The van der Waals surface area contributed by atoms with Crippen molar-refractivity contribution in [3.63, 3.8) is 0 Å². The molecule has 0 spiro atoms. The first-order valence-electron chi connectivity index (χ1n) is 6.70. The van der Waals surface area contributed by atoms with E-state index in [0.717, 1.165) is 5.56 Å². The summed E-state index contributed by atoms with van der Waals surface area (Å²) in [5.74, 6) is -1.13. The van der Waals surface area contributed by atoms with E-state index >= 15 is 0 Å². The van der Waals surface area contributed by atoms with Crippen molar-refractivity contribution in [3.8, 4) is 0 Å². The Morgan fingerprint density at radius 3 is 2.45 bits per heavy atom. The number of carboxylic acid groups (broad SMARTS) is 1. The predicted molar refractivity (Wildman–Crippen MR) is 74.9 cm³/mol. The number of nitrogens with one attached hydrogen (secondary N) is 1. The van der Waals surface area contributed by atoms with Crippen LogP contribution < -0.4 is 4.72 Å². The molecule has 1 aliphatic carbocycles. The molecular formula is C14H19NO4S. The van der Waals surface area contributed by atoms with E-state index in [0.29, 0.717) is 25.7 Å². The maximum atomic E-state index is 12.2. The van der Waals surface area contributed by atoms with Crippen LogP contribution in [0.2, 0.25) is 0 Å². The third-order valence-electron chi connectivity index (χ3n) is 3.70. The van der Waals surface area contributed by atoms with Gasteiger partial charge in [0.1, 0.15) is 0 Å². The first kappa shape index (κ1) is 15.0. The molecule has 6 heteroatoms. The van der Waals surface area contributed by atoms with Crippen LogP contribution in [0.15, 0.2) is 29.2 Å². The number of aryl methyl sites for hydroxylation is 1. The molecule has 20 heavy (non-hydrogen) atoms. The second-order valence-corrected chi connectivity index (χ2v) is 7.04. The van der Waals surface area contributed by atoms with E-state index in [1.165, 1.54) is 0 Å². The summed E-state index contributed by atoms with van der Waals surface area (Å²) < 4.78 is 27.2. The SMILES string of the molecule is Cc1cccc(S(=O)(=O)NC2CCC(C(=O)O)CC2)c1. The van der Waals surface area contributed by atoms with E-state index in [9.17, 15) is 13.2 Å². The maximum Gasteiger partial charge on any atom is 0.306 e. The molecule has 110 valence electrons. The summed E-state index contributed by atoms with van der Waals surface area (Å²) in [6, 6.07) is 6.59. The van der Waals surface area contributed by atoms with Crippen LogP contribution in [-0.2, 0) is 14.8 Å². The monoisotopic (exact) mass is 297 g/mol. The molecule has 0 atom stereocenters. The zero-order valence-electron chi connectivity index (χ0n) is 11.4. The number of sulfonamides is 1. The van der Waals surface area contributed by atoms with Gasteiger partial charge in [0, 0.05) is 6.04 Å². The van der Waals surface area contributed by atoms with Crippen molar-refractivity contribution in [2.24, 2.45) is 5.92 Å². The highest BCUT2D eigenvalue weighted by molar-refractivity contribution is 7.89. The van der Waals surface area contributed by atoms with Gasteiger partial charge in [0.15, 0.2) is 0 Å². The van der Waals surface area contributed by atoms with Crippen LogP contribution in [0.5, 0.6) is 0 Å². The van der Waals surface area contributed by atoms with Crippen LogP contribution >= 0.6 is 0 Å². The minimum Gasteiger partial charge on any atom is -0.481 e. The fourth-order valence-corrected chi connectivity index (χ4v) is 3.94. The molecule has 0 aliphatic heterocycles. The lowest BCUT2D eigenvalue weighted by molar-refractivity contribution is -0.142. The first-order valence-corrected chi connectivity index (χ1v) is 8.18. The highest BCUT2D eigenvalue weighted by Crippen LogP contribution is 2.25. The zero-order valence-corrected chi connectivity index (χ0v) is 12.2. The van der Waals surface area contributed by atoms with E-state index in [1.807, 2.05) is 13.0 Å². The van der Waals surface area contributed by atoms with Crippen molar-refractivity contribution in [3.05, 3.63) is 29.8 Å². The molecule has 0 heterocycles. The normalized spacial score (nSPS) is 23.4. The van der Waals surface area contributed by atoms with Gasteiger partial charge in [-0.3, -0.25) is 4.79 Å². The van der Waals surface area contributed by atoms with Crippen molar-refractivity contribution in [2.75, 3.05) is 0 Å². The van der Waals surface area contributed by atoms with Crippen molar-refractivity contribution in [1.82, 2.24) is 4.72 Å². The molecule has 2 N–H and O–H groups in total. The lowest BCUT2D eigenvalue weighted by Gasteiger charge is -2.26. The van der Waals surface area contributed by atoms with Gasteiger partial charge in [-0.15, -0.1) is 0 Å². The molecule has 0 aromatic heterocycles. The van der Waals surface area contributed by atoms with Crippen LogP contribution in [0.1, 0.15) is 31.2 Å². The van der Waals surface area contributed by atoms with Crippen molar-refractivity contribution in [1.29, 1.82) is 0 Å². The summed E-state index contributed by atoms with van der Waals surface area (Å²) in [4.78, 5) is 11.1. The van der Waals surface area contributed by atoms with E-state index < -0.39 is 16.0 Å². The minimum atomic E-state index is -3.52. The van der Waals surface area contributed by atoms with Crippen LogP contribution in [-0.4, -0.2) is 25.5 Å². The Balaban J connectivity index is 2.02. The molecule has 1 saturated carbocycles. The largest absolute Gasteiger partial charge is 0.481 e. The fraction of sp³-hybridized carbons (Fsp3) is 0.500. The quantitative estimate of drug-likeness (QED) is 0.889. The second kappa shape index (κ2) is 5.93. The van der Waals surface area contributed by atoms with E-state index in [4.69, 9.17) is 5.11 Å². The molecule has 0 saturated heterocycles. The molecule has 0 radical (unpaired) electrons. The van der Waals surface area contributed by atoms with Crippen molar-refractivity contribution >= 4 is 16.0 Å². The molecular weight excluding hydrogens is 278 g/mol. The summed E-state index contributed by atoms with van der Waals surface area (Å²) >= 11 is 0. The summed E-state index contributed by atoms with van der Waals surface area (Å²) in [5.41, 5.74) is 0.891. The van der Waals surface area contributed by atoms with Gasteiger partial charge in [0.25, 0.3) is 0 Å². The Morgan fingerprint density at radius 1 is 1.25 bits per heavy atom. The Kier molecular flexibility index (Phi) is 4.45. The smallest absolute Gasteiger partial charge is 0.306 e. The average molecular weight is 297 g/mol. The zero-order chi connectivity index (χ0) is 14.8. The lowest BCUT2D eigenvalue weighted by atomic mass is 9.87. The summed E-state index contributed by atoms with van der Waals surface area (Å²) in [6.45, 7) is 1.84.